The molecule has 2 aromatic carbocycles. The van der Waals surface area contributed by atoms with E-state index in [0.717, 1.165) is 22.8 Å². The molecule has 4 rings (SSSR count). The lowest BCUT2D eigenvalue weighted by Crippen LogP contribution is -2.33. The van der Waals surface area contributed by atoms with Crippen molar-refractivity contribution in [2.24, 2.45) is 0 Å². The molecule has 2 aromatic rings. The molecule has 17 heteroatoms. The molecular weight excluding hydrogens is 829 g/mol. The highest BCUT2D eigenvalue weighted by atomic mass is 32.2. The SMILES string of the molecule is COCCOCCC1(C)C(/C=C/C=C/C=C/C=C2/N(CCOC)c3ccc(S(=O)(=O)[O-])cc3C2(C)CCOCCOC)=[N+](CCCCCC(=O)O)c2ccc(S(=O)(=O)[O-])cc21. The number of nitrogens with zero attached hydrogens (tertiary/aromatic N) is 2. The van der Waals surface area contributed by atoms with E-state index < -0.39 is 37.0 Å². The molecule has 0 saturated heterocycles. The molecule has 0 spiro atoms. The summed E-state index contributed by atoms with van der Waals surface area (Å²) in [6.07, 6.45) is 16.2. The molecule has 61 heavy (non-hydrogen) atoms. The molecule has 2 aliphatic heterocycles. The van der Waals surface area contributed by atoms with Gasteiger partial charge in [0.25, 0.3) is 0 Å². The zero-order valence-corrected chi connectivity index (χ0v) is 37.3. The molecule has 2 aliphatic rings. The Kier molecular flexibility index (Phi) is 18.6. The number of benzene rings is 2. The molecule has 2 unspecified atom stereocenters. The van der Waals surface area contributed by atoms with Crippen molar-refractivity contribution in [2.45, 2.75) is 73.0 Å². The Hall–Kier alpha value is -4.04. The Morgan fingerprint density at radius 3 is 1.90 bits per heavy atom. The minimum atomic E-state index is -4.74. The predicted molar refractivity (Wildman–Crippen MR) is 229 cm³/mol. The smallest absolute Gasteiger partial charge is 0.303 e. The first-order valence-corrected chi connectivity index (χ1v) is 23.0. The molecule has 1 N–H and O–H groups in total. The number of methoxy groups -OCH3 is 3. The van der Waals surface area contributed by atoms with Crippen LogP contribution in [-0.4, -0.2) is 128 Å². The number of anilines is 1. The summed E-state index contributed by atoms with van der Waals surface area (Å²) in [4.78, 5) is 12.6. The first-order chi connectivity index (χ1) is 29.0. The standard InChI is InChI=1S/C44H60N2O13S2/c1-43(21-25-58-30-28-56-4)36-32-34(60(49,50)51)17-19-38(36)45(23-13-9-12-16-42(47)48)40(43)14-10-7-6-8-11-15-41-44(2,22-26-59-31-29-57-5)37-33-35(61(52,53)54)18-20-39(37)46(41)24-27-55-3/h6-8,10-11,14-15,17-20,32-33H,9,12-13,16,21-31H2,1-5H3,(H2-,47,48,49,50,51,52,53,54)/p-1. The van der Waals surface area contributed by atoms with Crippen LogP contribution in [0.25, 0.3) is 0 Å². The van der Waals surface area contributed by atoms with Crippen LogP contribution in [0.1, 0.15) is 63.5 Å². The zero-order valence-electron chi connectivity index (χ0n) is 35.7. The van der Waals surface area contributed by atoms with Crippen molar-refractivity contribution in [3.63, 3.8) is 0 Å². The molecule has 0 aliphatic carbocycles. The summed E-state index contributed by atoms with van der Waals surface area (Å²) in [7, 11) is -4.67. The molecule has 2 atom stereocenters. The van der Waals surface area contributed by atoms with E-state index in [-0.39, 0.29) is 16.2 Å². The van der Waals surface area contributed by atoms with E-state index in [4.69, 9.17) is 28.8 Å². The average molecular weight is 888 g/mol. The third-order valence-corrected chi connectivity index (χ3v) is 12.8. The van der Waals surface area contributed by atoms with E-state index in [2.05, 4.69) is 9.48 Å². The van der Waals surface area contributed by atoms with Crippen molar-refractivity contribution < 1.29 is 64.1 Å². The maximum atomic E-state index is 12.2. The summed E-state index contributed by atoms with van der Waals surface area (Å²) in [6, 6.07) is 8.88. The highest BCUT2D eigenvalue weighted by Crippen LogP contribution is 2.50. The van der Waals surface area contributed by atoms with Crippen molar-refractivity contribution in [3.05, 3.63) is 95.8 Å². The largest absolute Gasteiger partial charge is 0.744 e. The van der Waals surface area contributed by atoms with Gasteiger partial charge in [0.15, 0.2) is 5.71 Å². The second kappa shape index (κ2) is 22.9. The van der Waals surface area contributed by atoms with Crippen LogP contribution in [0.4, 0.5) is 11.4 Å². The first kappa shape index (κ1) is 49.6. The molecule has 0 fully saturated rings. The van der Waals surface area contributed by atoms with Crippen LogP contribution >= 0.6 is 0 Å². The molecule has 0 radical (unpaired) electrons. The van der Waals surface area contributed by atoms with Gasteiger partial charge in [-0.3, -0.25) is 4.79 Å². The molecule has 2 heterocycles. The van der Waals surface area contributed by atoms with Gasteiger partial charge in [0.05, 0.1) is 48.2 Å². The molecule has 0 amide bonds. The van der Waals surface area contributed by atoms with Crippen molar-refractivity contribution in [1.29, 1.82) is 0 Å². The van der Waals surface area contributed by atoms with Crippen LogP contribution in [0.3, 0.4) is 0 Å². The summed E-state index contributed by atoms with van der Waals surface area (Å²) in [5, 5.41) is 9.14. The van der Waals surface area contributed by atoms with Crippen LogP contribution in [-0.2, 0) is 59.5 Å². The van der Waals surface area contributed by atoms with Crippen molar-refractivity contribution in [1.82, 2.24) is 0 Å². The second-order valence-corrected chi connectivity index (χ2v) is 18.0. The summed E-state index contributed by atoms with van der Waals surface area (Å²) in [5.41, 5.74) is 3.19. The number of carboxylic acid groups (broad SMARTS) is 1. The van der Waals surface area contributed by atoms with Crippen molar-refractivity contribution in [3.8, 4) is 0 Å². The van der Waals surface area contributed by atoms with Gasteiger partial charge in [0.2, 0.25) is 5.69 Å². The van der Waals surface area contributed by atoms with E-state index in [1.54, 1.807) is 33.5 Å². The van der Waals surface area contributed by atoms with Gasteiger partial charge in [-0.1, -0.05) is 30.4 Å². The number of carboxylic acids is 1. The number of allylic oxidation sites excluding steroid dienone is 8. The summed E-state index contributed by atoms with van der Waals surface area (Å²) in [6.45, 7) is 7.68. The van der Waals surface area contributed by atoms with Crippen LogP contribution in [0, 0.1) is 0 Å². The Labute approximate surface area is 360 Å². The lowest BCUT2D eigenvalue weighted by atomic mass is 9.76. The van der Waals surface area contributed by atoms with E-state index >= 15 is 0 Å². The van der Waals surface area contributed by atoms with Gasteiger partial charge in [-0.15, -0.1) is 0 Å². The number of carbonyl (C=O) groups is 1. The Morgan fingerprint density at radius 1 is 0.721 bits per heavy atom. The van der Waals surface area contributed by atoms with Crippen molar-refractivity contribution >= 4 is 43.3 Å². The predicted octanol–water partition coefficient (Wildman–Crippen LogP) is 5.58. The van der Waals surface area contributed by atoms with Crippen LogP contribution in [0.15, 0.2) is 94.4 Å². The number of ether oxygens (including phenoxy) is 5. The number of rotatable bonds is 27. The molecule has 336 valence electrons. The first-order valence-electron chi connectivity index (χ1n) is 20.2. The fourth-order valence-electron chi connectivity index (χ4n) is 7.81. The number of hydrogen-bond acceptors (Lipinski definition) is 13. The Bertz CT molecular complexity index is 2200. The summed E-state index contributed by atoms with van der Waals surface area (Å²) in [5.74, 6) is -0.854. The lowest BCUT2D eigenvalue weighted by Gasteiger charge is -2.30. The molecule has 0 saturated carbocycles. The van der Waals surface area contributed by atoms with Gasteiger partial charge < -0.3 is 42.8 Å². The Balaban J connectivity index is 1.69. The number of unbranched alkanes of at least 4 members (excludes halogenated alkanes) is 2. The topological polar surface area (TPSA) is 204 Å². The lowest BCUT2D eigenvalue weighted by molar-refractivity contribution is -0.438. The highest BCUT2D eigenvalue weighted by molar-refractivity contribution is 7.86. The fraction of sp³-hybridized carbons (Fsp3) is 0.500. The number of hydrogen-bond donors (Lipinski definition) is 1. The third-order valence-electron chi connectivity index (χ3n) is 11.1. The van der Waals surface area contributed by atoms with E-state index in [9.17, 15) is 30.7 Å². The molecular formula is C44H59N2O13S2-. The number of aliphatic carboxylic acids is 1. The molecule has 0 bridgehead atoms. The van der Waals surface area contributed by atoms with Crippen molar-refractivity contribution in [2.75, 3.05) is 85.6 Å². The molecule has 0 aromatic heterocycles. The number of fused-ring (bicyclic) bond motifs is 2. The van der Waals surface area contributed by atoms with Gasteiger partial charge in [0.1, 0.15) is 26.8 Å². The van der Waals surface area contributed by atoms with Gasteiger partial charge in [0, 0.05) is 88.4 Å². The van der Waals surface area contributed by atoms with E-state index in [1.165, 1.54) is 24.3 Å². The maximum Gasteiger partial charge on any atom is 0.303 e. The minimum absolute atomic E-state index is 0.0661. The van der Waals surface area contributed by atoms with Gasteiger partial charge in [-0.05, 0) is 81.5 Å². The third kappa shape index (κ3) is 13.0. The maximum absolute atomic E-state index is 12.2. The highest BCUT2D eigenvalue weighted by Gasteiger charge is 2.48. The zero-order chi connectivity index (χ0) is 44.7. The van der Waals surface area contributed by atoms with E-state index in [0.29, 0.717) is 103 Å². The fourth-order valence-corrected chi connectivity index (χ4v) is 8.81. The summed E-state index contributed by atoms with van der Waals surface area (Å²) < 4.78 is 102. The van der Waals surface area contributed by atoms with Gasteiger partial charge in [-0.25, -0.2) is 16.8 Å². The van der Waals surface area contributed by atoms with Crippen LogP contribution in [0.2, 0.25) is 0 Å². The minimum Gasteiger partial charge on any atom is -0.744 e. The van der Waals surface area contributed by atoms with Crippen LogP contribution in [0.5, 0.6) is 0 Å². The summed E-state index contributed by atoms with van der Waals surface area (Å²) >= 11 is 0. The Morgan fingerprint density at radius 2 is 1.30 bits per heavy atom. The van der Waals surface area contributed by atoms with E-state index in [1.807, 2.05) is 56.4 Å². The quantitative estimate of drug-likeness (QED) is 0.0504. The normalized spacial score (nSPS) is 20.0. The monoisotopic (exact) mass is 887 g/mol. The van der Waals surface area contributed by atoms with Gasteiger partial charge in [-0.2, -0.15) is 4.58 Å². The van der Waals surface area contributed by atoms with Gasteiger partial charge >= 0.3 is 5.97 Å². The second-order valence-electron chi connectivity index (χ2n) is 15.2. The molecule has 15 nitrogen and oxygen atoms in total. The van der Waals surface area contributed by atoms with Crippen LogP contribution < -0.4 is 4.90 Å². The average Bonchev–Trinajstić information content (AvgIpc) is 3.58.